The van der Waals surface area contributed by atoms with E-state index in [1.54, 1.807) is 0 Å². The molecule has 7 nitrogen and oxygen atoms in total. The number of imidazole rings is 1. The first-order chi connectivity index (χ1) is 13.9. The number of rotatable bonds is 3. The van der Waals surface area contributed by atoms with Gasteiger partial charge in [-0.2, -0.15) is 18.2 Å². The minimum absolute atomic E-state index is 0.0114. The summed E-state index contributed by atoms with van der Waals surface area (Å²) in [6.45, 7) is 2.87. The van der Waals surface area contributed by atoms with Crippen molar-refractivity contribution in [3.8, 4) is 0 Å². The summed E-state index contributed by atoms with van der Waals surface area (Å²) < 4.78 is 39.5. The van der Waals surface area contributed by atoms with Gasteiger partial charge in [0.1, 0.15) is 5.03 Å². The molecular weight excluding hydrogens is 403 g/mol. The van der Waals surface area contributed by atoms with Crippen LogP contribution in [0.2, 0.25) is 0 Å². The van der Waals surface area contributed by atoms with Crippen molar-refractivity contribution in [3.63, 3.8) is 0 Å². The lowest BCUT2D eigenvalue weighted by Crippen LogP contribution is -2.62. The van der Waals surface area contributed by atoms with Gasteiger partial charge >= 0.3 is 6.18 Å². The molecule has 29 heavy (non-hydrogen) atoms. The van der Waals surface area contributed by atoms with E-state index in [1.165, 1.54) is 24.8 Å². The number of halogens is 3. The van der Waals surface area contributed by atoms with Gasteiger partial charge in [-0.15, -0.1) is 0 Å². The first kappa shape index (κ1) is 18.6. The highest BCUT2D eigenvalue weighted by atomic mass is 32.2. The average Bonchev–Trinajstić information content (AvgIpc) is 3.10. The maximum atomic E-state index is 13.2. The fourth-order valence-corrected chi connectivity index (χ4v) is 4.70. The first-order valence-electron chi connectivity index (χ1n) is 9.35. The molecule has 0 saturated carbocycles. The molecule has 2 N–H and O–H groups in total. The van der Waals surface area contributed by atoms with E-state index in [0.717, 1.165) is 50.4 Å². The summed E-state index contributed by atoms with van der Waals surface area (Å²) in [5.41, 5.74) is 0.283. The summed E-state index contributed by atoms with van der Waals surface area (Å²) in [6, 6.07) is 2.85. The lowest BCUT2D eigenvalue weighted by molar-refractivity contribution is -0.143. The number of fused-ring (bicyclic) bond motifs is 1. The van der Waals surface area contributed by atoms with E-state index in [1.807, 2.05) is 0 Å². The van der Waals surface area contributed by atoms with Crippen molar-refractivity contribution in [2.24, 2.45) is 0 Å². The maximum Gasteiger partial charge on any atom is 0.434 e. The summed E-state index contributed by atoms with van der Waals surface area (Å²) in [4.78, 5) is 22.0. The molecular formula is C18H18F3N7S. The molecule has 2 fully saturated rings. The van der Waals surface area contributed by atoms with Crippen LogP contribution in [0.4, 0.5) is 19.1 Å². The minimum atomic E-state index is -4.52. The molecule has 0 atom stereocenters. The number of anilines is 1. The number of nitrogens with one attached hydrogen (secondary N) is 2. The summed E-state index contributed by atoms with van der Waals surface area (Å²) in [5, 5.41) is 3.88. The van der Waals surface area contributed by atoms with Gasteiger partial charge in [0, 0.05) is 29.7 Å². The molecule has 5 rings (SSSR count). The van der Waals surface area contributed by atoms with Crippen LogP contribution in [-0.2, 0) is 6.18 Å². The van der Waals surface area contributed by atoms with Crippen LogP contribution in [0, 0.1) is 0 Å². The van der Waals surface area contributed by atoms with Gasteiger partial charge in [-0.1, -0.05) is 11.8 Å². The second-order valence-electron chi connectivity index (χ2n) is 7.33. The van der Waals surface area contributed by atoms with Crippen molar-refractivity contribution in [2.75, 3.05) is 24.5 Å². The smallest absolute Gasteiger partial charge is 0.342 e. The summed E-state index contributed by atoms with van der Waals surface area (Å²) >= 11 is 0.885. The molecule has 2 saturated heterocycles. The molecule has 0 bridgehead atoms. The van der Waals surface area contributed by atoms with Crippen LogP contribution >= 0.6 is 11.8 Å². The van der Waals surface area contributed by atoms with Crippen molar-refractivity contribution in [1.82, 2.24) is 30.2 Å². The fourth-order valence-electron chi connectivity index (χ4n) is 3.82. The molecule has 0 aliphatic carbocycles. The zero-order chi connectivity index (χ0) is 20.1. The third-order valence-corrected chi connectivity index (χ3v) is 6.51. The molecule has 2 aliphatic heterocycles. The Bertz CT molecular complexity index is 1040. The van der Waals surface area contributed by atoms with Crippen LogP contribution in [0.15, 0.2) is 34.4 Å². The van der Waals surface area contributed by atoms with Crippen LogP contribution in [0.25, 0.3) is 11.3 Å². The number of aromatic amines is 1. The monoisotopic (exact) mass is 421 g/mol. The zero-order valence-corrected chi connectivity index (χ0v) is 16.1. The molecule has 11 heteroatoms. The molecule has 0 radical (unpaired) electrons. The lowest BCUT2D eigenvalue weighted by Gasteiger charge is -2.48. The van der Waals surface area contributed by atoms with Crippen molar-refractivity contribution in [2.45, 2.75) is 40.9 Å². The topological polar surface area (TPSA) is 82.6 Å². The molecule has 0 unspecified atom stereocenters. The largest absolute Gasteiger partial charge is 0.434 e. The van der Waals surface area contributed by atoms with E-state index in [4.69, 9.17) is 0 Å². The van der Waals surface area contributed by atoms with E-state index in [0.29, 0.717) is 27.8 Å². The fraction of sp³-hybridized carbons (Fsp3) is 0.444. The minimum Gasteiger partial charge on any atom is -0.342 e. The lowest BCUT2D eigenvalue weighted by atomic mass is 9.79. The van der Waals surface area contributed by atoms with E-state index in [-0.39, 0.29) is 4.90 Å². The van der Waals surface area contributed by atoms with E-state index >= 15 is 0 Å². The van der Waals surface area contributed by atoms with Crippen LogP contribution < -0.4 is 10.2 Å². The number of hydrogen-bond donors (Lipinski definition) is 2. The van der Waals surface area contributed by atoms with Crippen LogP contribution in [0.3, 0.4) is 0 Å². The molecule has 1 spiro atoms. The second-order valence-corrected chi connectivity index (χ2v) is 8.40. The Morgan fingerprint density at radius 3 is 2.59 bits per heavy atom. The van der Waals surface area contributed by atoms with Gasteiger partial charge in [-0.3, -0.25) is 4.98 Å². The number of H-pyrrole nitrogens is 1. The maximum absolute atomic E-state index is 13.2. The van der Waals surface area contributed by atoms with Crippen LogP contribution in [0.1, 0.15) is 25.0 Å². The molecule has 0 aromatic carbocycles. The van der Waals surface area contributed by atoms with Crippen molar-refractivity contribution < 1.29 is 13.2 Å². The Balaban J connectivity index is 1.37. The van der Waals surface area contributed by atoms with Gasteiger partial charge in [0.25, 0.3) is 0 Å². The Morgan fingerprint density at radius 2 is 1.90 bits per heavy atom. The van der Waals surface area contributed by atoms with E-state index < -0.39 is 11.9 Å². The van der Waals surface area contributed by atoms with Gasteiger partial charge in [-0.05, 0) is 37.9 Å². The summed E-state index contributed by atoms with van der Waals surface area (Å²) in [5.74, 6) is 0.702. The Kier molecular flexibility index (Phi) is 4.39. The number of hydrogen-bond acceptors (Lipinski definition) is 7. The van der Waals surface area contributed by atoms with E-state index in [2.05, 4.69) is 35.1 Å². The Labute approximate surface area is 168 Å². The van der Waals surface area contributed by atoms with Crippen molar-refractivity contribution >= 4 is 29.0 Å². The molecule has 3 aromatic heterocycles. The van der Waals surface area contributed by atoms with Gasteiger partial charge in [0.2, 0.25) is 5.95 Å². The molecule has 5 heterocycles. The molecule has 152 valence electrons. The first-order valence-corrected chi connectivity index (χ1v) is 10.2. The SMILES string of the molecule is FC(F)(F)c1ncccc1Sc1cnc2nc(N3CCC4(CCN4)CC3)[nH]c2n1. The zero-order valence-electron chi connectivity index (χ0n) is 15.3. The standard InChI is InChI=1S/C18H18F3N7S/c19-18(20,21)13-11(2-1-6-22-13)29-12-10-23-14-15(25-12)27-16(26-14)28-8-4-17(5-9-28)3-7-24-17/h1-2,6,10,24H,3-5,7-9H2,(H,23,25,26,27). The van der Waals surface area contributed by atoms with Gasteiger partial charge in [0.05, 0.1) is 6.20 Å². The quantitative estimate of drug-likeness (QED) is 0.672. The average molecular weight is 421 g/mol. The molecule has 3 aromatic rings. The predicted octanol–water partition coefficient (Wildman–Crippen LogP) is 3.25. The number of piperidine rings is 1. The van der Waals surface area contributed by atoms with Crippen LogP contribution in [0.5, 0.6) is 0 Å². The number of aromatic nitrogens is 5. The van der Waals surface area contributed by atoms with Gasteiger partial charge < -0.3 is 15.2 Å². The Morgan fingerprint density at radius 1 is 1.10 bits per heavy atom. The van der Waals surface area contributed by atoms with Crippen LogP contribution in [-0.4, -0.2) is 50.1 Å². The second kappa shape index (κ2) is 6.84. The third-order valence-electron chi connectivity index (χ3n) is 5.55. The van der Waals surface area contributed by atoms with Gasteiger partial charge in [-0.25, -0.2) is 9.97 Å². The van der Waals surface area contributed by atoms with Crippen molar-refractivity contribution in [1.29, 1.82) is 0 Å². The summed E-state index contributed by atoms with van der Waals surface area (Å²) in [7, 11) is 0. The highest BCUT2D eigenvalue weighted by Gasteiger charge is 2.39. The normalized spacial score (nSPS) is 18.9. The van der Waals surface area contributed by atoms with E-state index in [9.17, 15) is 13.2 Å². The third kappa shape index (κ3) is 3.52. The molecule has 2 aliphatic rings. The molecule has 0 amide bonds. The number of nitrogens with zero attached hydrogens (tertiary/aromatic N) is 5. The highest BCUT2D eigenvalue weighted by Crippen LogP contribution is 2.37. The highest BCUT2D eigenvalue weighted by molar-refractivity contribution is 7.99. The number of pyridine rings is 1. The van der Waals surface area contributed by atoms with Crippen molar-refractivity contribution in [3.05, 3.63) is 30.2 Å². The number of alkyl halides is 3. The van der Waals surface area contributed by atoms with Gasteiger partial charge in [0.15, 0.2) is 17.0 Å². The summed E-state index contributed by atoms with van der Waals surface area (Å²) in [6.07, 6.45) is 1.39. The predicted molar refractivity (Wildman–Crippen MR) is 102 cm³/mol. The Hall–Kier alpha value is -2.40.